The van der Waals surface area contributed by atoms with Crippen LogP contribution in [0.15, 0.2) is 29.9 Å². The van der Waals surface area contributed by atoms with Crippen molar-refractivity contribution in [1.29, 1.82) is 0 Å². The maximum absolute atomic E-state index is 12.0. The number of amides is 1. The van der Waals surface area contributed by atoms with E-state index in [1.807, 2.05) is 23.7 Å². The maximum Gasteiger partial charge on any atom is 0.220 e. The van der Waals surface area contributed by atoms with Gasteiger partial charge in [0.2, 0.25) is 5.91 Å². The largest absolute Gasteiger partial charge is 0.352 e. The number of nitrogens with zero attached hydrogens (tertiary/aromatic N) is 2. The number of carbonyl (C=O) groups excluding carboxylic acids is 1. The van der Waals surface area contributed by atoms with Gasteiger partial charge in [0, 0.05) is 42.7 Å². The molecule has 1 aliphatic heterocycles. The highest BCUT2D eigenvalue weighted by Gasteiger charge is 2.19. The summed E-state index contributed by atoms with van der Waals surface area (Å²) in [6.45, 7) is 0.861. The molecule has 0 unspecified atom stereocenters. The van der Waals surface area contributed by atoms with E-state index >= 15 is 0 Å². The summed E-state index contributed by atoms with van der Waals surface area (Å²) in [5, 5.41) is 5.29. The lowest BCUT2D eigenvalue weighted by atomic mass is 10.1. The zero-order valence-corrected chi connectivity index (χ0v) is 13.6. The van der Waals surface area contributed by atoms with Crippen LogP contribution in [0.25, 0.3) is 0 Å². The summed E-state index contributed by atoms with van der Waals surface area (Å²) in [5.41, 5.74) is 0. The normalized spacial score (nSPS) is 17.2. The van der Waals surface area contributed by atoms with Crippen molar-refractivity contribution >= 4 is 17.2 Å². The molecule has 2 aromatic rings. The smallest absolute Gasteiger partial charge is 0.220 e. The molecule has 1 N–H and O–H groups in total. The van der Waals surface area contributed by atoms with Crippen molar-refractivity contribution in [3.05, 3.63) is 40.6 Å². The molecule has 2 aromatic heterocycles. The third kappa shape index (κ3) is 4.19. The molecule has 0 bridgehead atoms. The van der Waals surface area contributed by atoms with Gasteiger partial charge in [-0.2, -0.15) is 0 Å². The highest BCUT2D eigenvalue weighted by atomic mass is 32.1. The minimum Gasteiger partial charge on any atom is -0.352 e. The lowest BCUT2D eigenvalue weighted by Gasteiger charge is -2.24. The number of hydrogen-bond donors (Lipinski definition) is 1. The van der Waals surface area contributed by atoms with Crippen molar-refractivity contribution in [3.63, 3.8) is 0 Å². The van der Waals surface area contributed by atoms with Crippen molar-refractivity contribution in [2.75, 3.05) is 0 Å². The van der Waals surface area contributed by atoms with Gasteiger partial charge < -0.3 is 9.88 Å². The summed E-state index contributed by atoms with van der Waals surface area (Å²) < 4.78 is 2.15. The number of imidazole rings is 1. The van der Waals surface area contributed by atoms with Gasteiger partial charge in [-0.1, -0.05) is 12.5 Å². The van der Waals surface area contributed by atoms with E-state index in [2.05, 4.69) is 32.4 Å². The lowest BCUT2D eigenvalue weighted by Crippen LogP contribution is -2.40. The standard InChI is InChI=1S/C17H23N3OS/c21-17(7-3-1-2-5-15-6-4-12-22-15)19-14-8-9-16-18-10-11-20(16)13-14/h4,6,10-12,14H,1-3,5,7-9,13H2,(H,19,21)/t14-/m1/s1. The first-order valence-electron chi connectivity index (χ1n) is 8.13. The van der Waals surface area contributed by atoms with E-state index in [-0.39, 0.29) is 11.9 Å². The van der Waals surface area contributed by atoms with Crippen LogP contribution in [0.3, 0.4) is 0 Å². The molecule has 5 heteroatoms. The average molecular weight is 317 g/mol. The Balaban J connectivity index is 1.30. The van der Waals surface area contributed by atoms with Crippen LogP contribution < -0.4 is 5.32 Å². The topological polar surface area (TPSA) is 46.9 Å². The minimum absolute atomic E-state index is 0.199. The highest BCUT2D eigenvalue weighted by molar-refractivity contribution is 7.09. The molecule has 1 atom stereocenters. The molecule has 0 spiro atoms. The molecule has 0 aromatic carbocycles. The van der Waals surface area contributed by atoms with Crippen LogP contribution in [0.5, 0.6) is 0 Å². The number of fused-ring (bicyclic) bond motifs is 1. The van der Waals surface area contributed by atoms with Gasteiger partial charge in [-0.05, 0) is 37.1 Å². The number of nitrogens with one attached hydrogen (secondary N) is 1. The third-order valence-corrected chi connectivity index (χ3v) is 5.14. The van der Waals surface area contributed by atoms with Gasteiger partial charge in [0.25, 0.3) is 0 Å². The summed E-state index contributed by atoms with van der Waals surface area (Å²) in [4.78, 5) is 17.8. The van der Waals surface area contributed by atoms with E-state index < -0.39 is 0 Å². The van der Waals surface area contributed by atoms with Gasteiger partial charge in [0.05, 0.1) is 0 Å². The van der Waals surface area contributed by atoms with Crippen molar-refractivity contribution < 1.29 is 4.79 Å². The average Bonchev–Trinajstić information content (AvgIpc) is 3.17. The van der Waals surface area contributed by atoms with E-state index in [0.717, 1.165) is 44.5 Å². The number of aryl methyl sites for hydroxylation is 2. The molecule has 1 aliphatic rings. The van der Waals surface area contributed by atoms with Crippen LogP contribution in [0.4, 0.5) is 0 Å². The van der Waals surface area contributed by atoms with E-state index in [4.69, 9.17) is 0 Å². The first-order chi connectivity index (χ1) is 10.8. The molecule has 0 saturated carbocycles. The van der Waals surface area contributed by atoms with E-state index in [0.29, 0.717) is 6.42 Å². The monoisotopic (exact) mass is 317 g/mol. The predicted molar refractivity (Wildman–Crippen MR) is 89.0 cm³/mol. The fourth-order valence-corrected chi connectivity index (χ4v) is 3.75. The molecule has 3 heterocycles. The second-order valence-corrected chi connectivity index (χ2v) is 6.97. The summed E-state index contributed by atoms with van der Waals surface area (Å²) >= 11 is 1.82. The Morgan fingerprint density at radius 2 is 2.36 bits per heavy atom. The number of carbonyl (C=O) groups is 1. The molecule has 118 valence electrons. The first kappa shape index (κ1) is 15.3. The number of thiophene rings is 1. The molecule has 22 heavy (non-hydrogen) atoms. The number of unbranched alkanes of at least 4 members (excludes halogenated alkanes) is 2. The van der Waals surface area contributed by atoms with Crippen molar-refractivity contribution in [3.8, 4) is 0 Å². The molecule has 4 nitrogen and oxygen atoms in total. The molecule has 1 amide bonds. The van der Waals surface area contributed by atoms with Crippen LogP contribution in [-0.4, -0.2) is 21.5 Å². The molecule has 3 rings (SSSR count). The Bertz CT molecular complexity index is 591. The fraction of sp³-hybridized carbons (Fsp3) is 0.529. The van der Waals surface area contributed by atoms with E-state index in [1.165, 1.54) is 11.3 Å². The molecule has 0 saturated heterocycles. The number of rotatable bonds is 7. The first-order valence-corrected chi connectivity index (χ1v) is 9.01. The van der Waals surface area contributed by atoms with Gasteiger partial charge in [0.1, 0.15) is 5.82 Å². The van der Waals surface area contributed by atoms with Crippen molar-refractivity contribution in [1.82, 2.24) is 14.9 Å². The summed E-state index contributed by atoms with van der Waals surface area (Å²) in [6.07, 6.45) is 10.9. The fourth-order valence-electron chi connectivity index (χ4n) is 3.00. The summed E-state index contributed by atoms with van der Waals surface area (Å²) in [6, 6.07) is 4.55. The molecule has 0 radical (unpaired) electrons. The Morgan fingerprint density at radius 1 is 1.41 bits per heavy atom. The molecule has 0 fully saturated rings. The number of aromatic nitrogens is 2. The van der Waals surface area contributed by atoms with Crippen LogP contribution in [-0.2, 0) is 24.2 Å². The van der Waals surface area contributed by atoms with Crippen LogP contribution >= 0.6 is 11.3 Å². The Kier molecular flexibility index (Phi) is 5.27. The van der Waals surface area contributed by atoms with Crippen LogP contribution in [0.2, 0.25) is 0 Å². The van der Waals surface area contributed by atoms with Gasteiger partial charge in [-0.3, -0.25) is 4.79 Å². The van der Waals surface area contributed by atoms with E-state index in [9.17, 15) is 4.79 Å². The quantitative estimate of drug-likeness (QED) is 0.797. The van der Waals surface area contributed by atoms with Crippen molar-refractivity contribution in [2.45, 2.75) is 57.5 Å². The zero-order chi connectivity index (χ0) is 15.2. The molecule has 0 aliphatic carbocycles. The van der Waals surface area contributed by atoms with Crippen molar-refractivity contribution in [2.24, 2.45) is 0 Å². The van der Waals surface area contributed by atoms with Gasteiger partial charge >= 0.3 is 0 Å². The zero-order valence-electron chi connectivity index (χ0n) is 12.8. The van der Waals surface area contributed by atoms with Gasteiger partial charge in [-0.15, -0.1) is 11.3 Å². The SMILES string of the molecule is O=C(CCCCCc1cccs1)N[C@@H]1CCc2nccn2C1. The summed E-state index contributed by atoms with van der Waals surface area (Å²) in [5.74, 6) is 1.34. The highest BCUT2D eigenvalue weighted by Crippen LogP contribution is 2.15. The minimum atomic E-state index is 0.199. The van der Waals surface area contributed by atoms with Gasteiger partial charge in [0.15, 0.2) is 0 Å². The Morgan fingerprint density at radius 3 is 3.23 bits per heavy atom. The Labute approximate surface area is 135 Å². The van der Waals surface area contributed by atoms with E-state index in [1.54, 1.807) is 0 Å². The third-order valence-electron chi connectivity index (χ3n) is 4.21. The summed E-state index contributed by atoms with van der Waals surface area (Å²) in [7, 11) is 0. The second kappa shape index (κ2) is 7.58. The Hall–Kier alpha value is -1.62. The lowest BCUT2D eigenvalue weighted by molar-refractivity contribution is -0.122. The van der Waals surface area contributed by atoms with Gasteiger partial charge in [-0.25, -0.2) is 4.98 Å². The maximum atomic E-state index is 12.0. The molecular weight excluding hydrogens is 294 g/mol. The van der Waals surface area contributed by atoms with Crippen LogP contribution in [0, 0.1) is 0 Å². The second-order valence-electron chi connectivity index (χ2n) is 5.94. The molecular formula is C17H23N3OS. The predicted octanol–water partition coefficient (Wildman–Crippen LogP) is 3.18. The number of hydrogen-bond acceptors (Lipinski definition) is 3. The van der Waals surface area contributed by atoms with Crippen LogP contribution in [0.1, 0.15) is 42.8 Å².